The Morgan fingerprint density at radius 3 is 2.73 bits per heavy atom. The smallest absolute Gasteiger partial charge is 0.263 e. The van der Waals surface area contributed by atoms with E-state index in [-0.39, 0.29) is 22.0 Å². The Balaban J connectivity index is 2.44. The van der Waals surface area contributed by atoms with Crippen LogP contribution in [0.2, 0.25) is 5.02 Å². The number of hydrogen-bond donors (Lipinski definition) is 1. The van der Waals surface area contributed by atoms with Gasteiger partial charge < -0.3 is 10.2 Å². The van der Waals surface area contributed by atoms with Crippen LogP contribution in [0.5, 0.6) is 11.5 Å². The van der Waals surface area contributed by atoms with Gasteiger partial charge in [0.2, 0.25) is 0 Å². The van der Waals surface area contributed by atoms with Gasteiger partial charge in [0.25, 0.3) is 5.69 Å². The molecule has 0 bridgehead atoms. The maximum absolute atomic E-state index is 11.9. The minimum Gasteiger partial charge on any atom is -0.867 e. The molecular weight excluding hydrogens is 308 g/mol. The predicted octanol–water partition coefficient (Wildman–Crippen LogP) is 3.34. The largest absolute Gasteiger partial charge is 0.867 e. The highest BCUT2D eigenvalue weighted by atomic mass is 35.5. The van der Waals surface area contributed by atoms with E-state index in [2.05, 4.69) is 4.99 Å². The van der Waals surface area contributed by atoms with Crippen molar-refractivity contribution in [2.24, 2.45) is 4.99 Å². The molecule has 1 N–H and O–H groups in total. The number of hydrogen-bond acceptors (Lipinski definition) is 5. The van der Waals surface area contributed by atoms with Crippen molar-refractivity contribution in [3.63, 3.8) is 0 Å². The minimum absolute atomic E-state index is 0.0134. The van der Waals surface area contributed by atoms with Gasteiger partial charge in [-0.3, -0.25) is 15.1 Å². The average Bonchev–Trinajstić information content (AvgIpc) is 2.48. The summed E-state index contributed by atoms with van der Waals surface area (Å²) in [7, 11) is 0. The van der Waals surface area contributed by atoms with Crippen molar-refractivity contribution < 1.29 is 15.1 Å². The van der Waals surface area contributed by atoms with Crippen LogP contribution in [0.3, 0.4) is 0 Å². The molecule has 0 unspecified atom stereocenters. The molecule has 6 nitrogen and oxygen atoms in total. The Labute approximate surface area is 131 Å². The molecule has 2 aromatic carbocycles. The Bertz CT molecular complexity index is 759. The van der Waals surface area contributed by atoms with E-state index in [1.807, 2.05) is 6.92 Å². The van der Waals surface area contributed by atoms with Crippen LogP contribution in [0.15, 0.2) is 35.3 Å². The summed E-state index contributed by atoms with van der Waals surface area (Å²) < 4.78 is 0. The number of halogens is 1. The number of nitro groups is 1. The lowest BCUT2D eigenvalue weighted by Gasteiger charge is -2.11. The van der Waals surface area contributed by atoms with Crippen molar-refractivity contribution in [3.05, 3.63) is 56.6 Å². The first kappa shape index (κ1) is 15.8. The van der Waals surface area contributed by atoms with E-state index in [0.29, 0.717) is 0 Å². The van der Waals surface area contributed by atoms with Gasteiger partial charge in [0, 0.05) is 17.3 Å². The molecule has 2 rings (SSSR count). The van der Waals surface area contributed by atoms with Gasteiger partial charge in [-0.25, -0.2) is 0 Å². The Hall–Kier alpha value is -2.60. The molecule has 22 heavy (non-hydrogen) atoms. The zero-order valence-corrected chi connectivity index (χ0v) is 12.4. The summed E-state index contributed by atoms with van der Waals surface area (Å²) in [6.07, 6.45) is 1.92. The third kappa shape index (κ3) is 3.35. The molecule has 0 aliphatic heterocycles. The fourth-order valence-corrected chi connectivity index (χ4v) is 2.08. The molecule has 2 aromatic rings. The van der Waals surface area contributed by atoms with Gasteiger partial charge in [-0.1, -0.05) is 24.6 Å². The lowest BCUT2D eigenvalue weighted by Crippen LogP contribution is -2.02. The number of aliphatic imine (C=N–C) groups is 1. The summed E-state index contributed by atoms with van der Waals surface area (Å²) in [5.74, 6) is -0.818. The Morgan fingerprint density at radius 2 is 2.09 bits per heavy atom. The van der Waals surface area contributed by atoms with Gasteiger partial charge in [0.15, 0.2) is 0 Å². The number of nitrogens with zero attached hydrogens (tertiary/aromatic N) is 2. The van der Waals surface area contributed by atoms with Crippen LogP contribution in [-0.2, 0) is 6.42 Å². The van der Waals surface area contributed by atoms with Crippen molar-refractivity contribution in [2.45, 2.75) is 13.3 Å². The van der Waals surface area contributed by atoms with Crippen molar-refractivity contribution in [2.75, 3.05) is 0 Å². The molecule has 0 aromatic heterocycles. The molecule has 0 spiro atoms. The monoisotopic (exact) mass is 319 g/mol. The number of aryl methyl sites for hydroxylation is 1. The summed E-state index contributed by atoms with van der Waals surface area (Å²) in [5.41, 5.74) is 0.617. The molecule has 0 fully saturated rings. The SMILES string of the molecule is CCc1ccc(O)c(N=Cc2cc(Cl)cc([N+](=O)[O-])c2[O-])c1. The van der Waals surface area contributed by atoms with Crippen LogP contribution in [0.4, 0.5) is 11.4 Å². The molecule has 0 amide bonds. The van der Waals surface area contributed by atoms with Crippen molar-refractivity contribution >= 4 is 29.2 Å². The predicted molar refractivity (Wildman–Crippen MR) is 82.3 cm³/mol. The van der Waals surface area contributed by atoms with Gasteiger partial charge in [-0.15, -0.1) is 0 Å². The lowest BCUT2D eigenvalue weighted by atomic mass is 10.1. The number of benzene rings is 2. The molecule has 7 heteroatoms. The molecule has 0 aliphatic rings. The zero-order chi connectivity index (χ0) is 16.3. The normalized spacial score (nSPS) is 11.0. The fourth-order valence-electron chi connectivity index (χ4n) is 1.86. The number of phenolic OH excluding ortho intramolecular Hbond substituents is 1. The second-order valence-corrected chi connectivity index (χ2v) is 4.97. The van der Waals surface area contributed by atoms with Crippen molar-refractivity contribution in [3.8, 4) is 11.5 Å². The van der Waals surface area contributed by atoms with Crippen LogP contribution in [-0.4, -0.2) is 16.2 Å². The van der Waals surface area contributed by atoms with Gasteiger partial charge in [0.1, 0.15) is 11.4 Å². The first-order valence-electron chi connectivity index (χ1n) is 6.43. The third-order valence-corrected chi connectivity index (χ3v) is 3.27. The number of phenols is 1. The van der Waals surface area contributed by atoms with E-state index >= 15 is 0 Å². The van der Waals surface area contributed by atoms with Crippen LogP contribution >= 0.6 is 11.6 Å². The minimum atomic E-state index is -0.791. The first-order chi connectivity index (χ1) is 10.4. The van der Waals surface area contributed by atoms with E-state index in [1.165, 1.54) is 12.1 Å². The van der Waals surface area contributed by atoms with Gasteiger partial charge in [-0.2, -0.15) is 0 Å². The van der Waals surface area contributed by atoms with Crippen LogP contribution in [0, 0.1) is 10.1 Å². The van der Waals surface area contributed by atoms with Gasteiger partial charge in [-0.05, 0) is 41.5 Å². The van der Waals surface area contributed by atoms with Crippen LogP contribution in [0.25, 0.3) is 0 Å². The maximum Gasteiger partial charge on any atom is 0.263 e. The van der Waals surface area contributed by atoms with Crippen LogP contribution < -0.4 is 5.11 Å². The summed E-state index contributed by atoms with van der Waals surface area (Å²) in [6, 6.07) is 7.23. The fraction of sp³-hybridized carbons (Fsp3) is 0.133. The molecule has 0 atom stereocenters. The van der Waals surface area contributed by atoms with Crippen molar-refractivity contribution in [1.29, 1.82) is 0 Å². The molecule has 114 valence electrons. The van der Waals surface area contributed by atoms with Gasteiger partial charge >= 0.3 is 0 Å². The molecule has 0 heterocycles. The maximum atomic E-state index is 11.9. The third-order valence-electron chi connectivity index (χ3n) is 3.05. The highest BCUT2D eigenvalue weighted by Crippen LogP contribution is 2.32. The van der Waals surface area contributed by atoms with E-state index < -0.39 is 16.4 Å². The number of nitro benzene ring substituents is 1. The van der Waals surface area contributed by atoms with Crippen molar-refractivity contribution in [1.82, 2.24) is 0 Å². The molecule has 0 saturated carbocycles. The second-order valence-electron chi connectivity index (χ2n) is 4.54. The van der Waals surface area contributed by atoms with E-state index in [0.717, 1.165) is 24.3 Å². The molecule has 0 saturated heterocycles. The molecule has 0 radical (unpaired) electrons. The van der Waals surface area contributed by atoms with Crippen LogP contribution in [0.1, 0.15) is 18.1 Å². The molecular formula is C15H12ClN2O4-. The topological polar surface area (TPSA) is 98.8 Å². The van der Waals surface area contributed by atoms with E-state index in [9.17, 15) is 20.3 Å². The first-order valence-corrected chi connectivity index (χ1v) is 6.81. The van der Waals surface area contributed by atoms with E-state index in [1.54, 1.807) is 12.1 Å². The standard InChI is InChI=1S/C15H13ClN2O4/c1-2-9-3-4-14(19)12(5-9)17-8-10-6-11(16)7-13(15(10)20)18(21)22/h3-8,19-20H,2H2,1H3/p-1. The van der Waals surface area contributed by atoms with E-state index in [4.69, 9.17) is 11.6 Å². The number of aromatic hydroxyl groups is 1. The highest BCUT2D eigenvalue weighted by Gasteiger charge is 2.11. The second kappa shape index (κ2) is 6.44. The quantitative estimate of drug-likeness (QED) is 0.530. The highest BCUT2D eigenvalue weighted by molar-refractivity contribution is 6.31. The van der Waals surface area contributed by atoms with Gasteiger partial charge in [0.05, 0.1) is 4.92 Å². The summed E-state index contributed by atoms with van der Waals surface area (Å²) in [5, 5.41) is 32.6. The average molecular weight is 320 g/mol. The number of rotatable bonds is 4. The summed E-state index contributed by atoms with van der Waals surface area (Å²) >= 11 is 5.77. The summed E-state index contributed by atoms with van der Waals surface area (Å²) in [6.45, 7) is 1.95. The summed E-state index contributed by atoms with van der Waals surface area (Å²) in [4.78, 5) is 14.0. The Kier molecular flexibility index (Phi) is 4.62. The molecule has 0 aliphatic carbocycles. The zero-order valence-electron chi connectivity index (χ0n) is 11.6. The Morgan fingerprint density at radius 1 is 1.36 bits per heavy atom. The lowest BCUT2D eigenvalue weighted by molar-refractivity contribution is -0.398.